The van der Waals surface area contributed by atoms with Crippen LogP contribution in [0, 0.1) is 6.92 Å². The molecule has 0 aliphatic carbocycles. The molecule has 0 heterocycles. The van der Waals surface area contributed by atoms with Crippen molar-refractivity contribution in [1.82, 2.24) is 0 Å². The standard InChI is InChI=1S/C16H19ClN2/c1-12-4-3-5-14(10-12)19(2)16-7-6-13(8-9-18)11-15(16)17/h3-7,10-11H,8-9,18H2,1-2H3. The van der Waals surface area contributed by atoms with Gasteiger partial charge in [-0.2, -0.15) is 0 Å². The third-order valence-corrected chi connectivity index (χ3v) is 3.50. The van der Waals surface area contributed by atoms with Crippen molar-refractivity contribution < 1.29 is 0 Å². The van der Waals surface area contributed by atoms with Gasteiger partial charge in [0.15, 0.2) is 0 Å². The normalized spacial score (nSPS) is 10.5. The Hall–Kier alpha value is -1.51. The van der Waals surface area contributed by atoms with Crippen LogP contribution in [-0.2, 0) is 6.42 Å². The van der Waals surface area contributed by atoms with Gasteiger partial charge in [0.05, 0.1) is 10.7 Å². The molecule has 2 nitrogen and oxygen atoms in total. The first-order chi connectivity index (χ1) is 9.11. The van der Waals surface area contributed by atoms with Gasteiger partial charge in [0.25, 0.3) is 0 Å². The average Bonchev–Trinajstić information content (AvgIpc) is 2.38. The molecule has 2 N–H and O–H groups in total. The minimum absolute atomic E-state index is 0.642. The molecule has 19 heavy (non-hydrogen) atoms. The largest absolute Gasteiger partial charge is 0.343 e. The van der Waals surface area contributed by atoms with E-state index in [1.807, 2.05) is 13.1 Å². The van der Waals surface area contributed by atoms with Crippen molar-refractivity contribution in [2.45, 2.75) is 13.3 Å². The number of nitrogens with zero attached hydrogens (tertiary/aromatic N) is 1. The van der Waals surface area contributed by atoms with E-state index in [0.717, 1.165) is 22.8 Å². The summed E-state index contributed by atoms with van der Waals surface area (Å²) in [6.07, 6.45) is 0.855. The lowest BCUT2D eigenvalue weighted by molar-refractivity contribution is 0.968. The second kappa shape index (κ2) is 6.09. The second-order valence-corrected chi connectivity index (χ2v) is 5.13. The number of hydrogen-bond donors (Lipinski definition) is 1. The molecule has 3 heteroatoms. The van der Waals surface area contributed by atoms with Crippen LogP contribution < -0.4 is 10.6 Å². The summed E-state index contributed by atoms with van der Waals surface area (Å²) < 4.78 is 0. The fraction of sp³-hybridized carbons (Fsp3) is 0.250. The zero-order valence-electron chi connectivity index (χ0n) is 11.4. The van der Waals surface area contributed by atoms with Crippen LogP contribution >= 0.6 is 11.6 Å². The summed E-state index contributed by atoms with van der Waals surface area (Å²) >= 11 is 6.37. The highest BCUT2D eigenvalue weighted by Gasteiger charge is 2.09. The van der Waals surface area contributed by atoms with E-state index in [-0.39, 0.29) is 0 Å². The monoisotopic (exact) mass is 274 g/mol. The van der Waals surface area contributed by atoms with Crippen LogP contribution in [0.25, 0.3) is 0 Å². The van der Waals surface area contributed by atoms with Crippen molar-refractivity contribution in [3.63, 3.8) is 0 Å². The van der Waals surface area contributed by atoms with Crippen LogP contribution in [0.4, 0.5) is 11.4 Å². The lowest BCUT2D eigenvalue weighted by atomic mass is 10.1. The molecular weight excluding hydrogens is 256 g/mol. The van der Waals surface area contributed by atoms with Crippen molar-refractivity contribution in [2.75, 3.05) is 18.5 Å². The van der Waals surface area contributed by atoms with E-state index in [1.165, 1.54) is 11.1 Å². The van der Waals surface area contributed by atoms with E-state index < -0.39 is 0 Å². The van der Waals surface area contributed by atoms with Gasteiger partial charge in [-0.25, -0.2) is 0 Å². The molecule has 0 aromatic heterocycles. The minimum atomic E-state index is 0.642. The van der Waals surface area contributed by atoms with E-state index >= 15 is 0 Å². The zero-order chi connectivity index (χ0) is 13.8. The topological polar surface area (TPSA) is 29.3 Å². The number of hydrogen-bond acceptors (Lipinski definition) is 2. The molecule has 0 radical (unpaired) electrons. The molecule has 2 aromatic rings. The summed E-state index contributed by atoms with van der Waals surface area (Å²) in [6.45, 7) is 2.73. The molecule has 0 saturated carbocycles. The van der Waals surface area contributed by atoms with Gasteiger partial charge < -0.3 is 10.6 Å². The van der Waals surface area contributed by atoms with Crippen molar-refractivity contribution in [3.8, 4) is 0 Å². The Morgan fingerprint density at radius 3 is 2.58 bits per heavy atom. The van der Waals surface area contributed by atoms with Crippen molar-refractivity contribution in [1.29, 1.82) is 0 Å². The Bertz CT molecular complexity index is 566. The van der Waals surface area contributed by atoms with E-state index in [0.29, 0.717) is 6.54 Å². The third-order valence-electron chi connectivity index (χ3n) is 3.20. The van der Waals surface area contributed by atoms with E-state index in [9.17, 15) is 0 Å². The van der Waals surface area contributed by atoms with Gasteiger partial charge in [0.2, 0.25) is 0 Å². The van der Waals surface area contributed by atoms with Gasteiger partial charge in [0.1, 0.15) is 0 Å². The molecule has 0 amide bonds. The summed E-state index contributed by atoms with van der Waals surface area (Å²) in [6, 6.07) is 14.5. The third kappa shape index (κ3) is 3.28. The highest BCUT2D eigenvalue weighted by molar-refractivity contribution is 6.33. The SMILES string of the molecule is Cc1cccc(N(C)c2ccc(CCN)cc2Cl)c1. The van der Waals surface area contributed by atoms with Gasteiger partial charge >= 0.3 is 0 Å². The Balaban J connectivity index is 2.31. The van der Waals surface area contributed by atoms with Crippen molar-refractivity contribution >= 4 is 23.0 Å². The molecule has 0 spiro atoms. The fourth-order valence-electron chi connectivity index (χ4n) is 2.12. The molecule has 0 saturated heterocycles. The highest BCUT2D eigenvalue weighted by Crippen LogP contribution is 2.31. The van der Waals surface area contributed by atoms with Gasteiger partial charge in [-0.05, 0) is 55.3 Å². The van der Waals surface area contributed by atoms with E-state index in [1.54, 1.807) is 0 Å². The van der Waals surface area contributed by atoms with Crippen LogP contribution in [0.15, 0.2) is 42.5 Å². The molecular formula is C16H19ClN2. The molecule has 0 atom stereocenters. The number of benzene rings is 2. The van der Waals surface area contributed by atoms with Gasteiger partial charge in [0, 0.05) is 12.7 Å². The number of rotatable bonds is 4. The first kappa shape index (κ1) is 13.9. The molecule has 0 aliphatic rings. The van der Waals surface area contributed by atoms with Crippen molar-refractivity contribution in [3.05, 3.63) is 58.6 Å². The number of halogens is 1. The highest BCUT2D eigenvalue weighted by atomic mass is 35.5. The first-order valence-corrected chi connectivity index (χ1v) is 6.78. The number of nitrogens with two attached hydrogens (primary N) is 1. The Labute approximate surface area is 119 Å². The van der Waals surface area contributed by atoms with Crippen LogP contribution in [-0.4, -0.2) is 13.6 Å². The van der Waals surface area contributed by atoms with Gasteiger partial charge in [-0.1, -0.05) is 29.8 Å². The molecule has 2 rings (SSSR count). The lowest BCUT2D eigenvalue weighted by Gasteiger charge is -2.21. The lowest BCUT2D eigenvalue weighted by Crippen LogP contribution is -2.10. The summed E-state index contributed by atoms with van der Waals surface area (Å²) in [5.41, 5.74) is 10.1. The molecule has 0 fully saturated rings. The number of aryl methyl sites for hydroxylation is 1. The molecule has 2 aromatic carbocycles. The van der Waals surface area contributed by atoms with Gasteiger partial charge in [-0.15, -0.1) is 0 Å². The minimum Gasteiger partial charge on any atom is -0.343 e. The van der Waals surface area contributed by atoms with Crippen LogP contribution in [0.2, 0.25) is 5.02 Å². The molecule has 100 valence electrons. The Kier molecular flexibility index (Phi) is 4.46. The maximum absolute atomic E-state index is 6.37. The molecule has 0 unspecified atom stereocenters. The first-order valence-electron chi connectivity index (χ1n) is 6.40. The number of anilines is 2. The maximum Gasteiger partial charge on any atom is 0.0645 e. The average molecular weight is 275 g/mol. The summed E-state index contributed by atoms with van der Waals surface area (Å²) in [4.78, 5) is 2.10. The van der Waals surface area contributed by atoms with E-state index in [2.05, 4.69) is 48.2 Å². The van der Waals surface area contributed by atoms with Crippen LogP contribution in [0.3, 0.4) is 0 Å². The Morgan fingerprint density at radius 2 is 1.95 bits per heavy atom. The van der Waals surface area contributed by atoms with Crippen LogP contribution in [0.1, 0.15) is 11.1 Å². The summed E-state index contributed by atoms with van der Waals surface area (Å²) in [5.74, 6) is 0. The zero-order valence-corrected chi connectivity index (χ0v) is 12.1. The van der Waals surface area contributed by atoms with Gasteiger partial charge in [-0.3, -0.25) is 0 Å². The molecule has 0 aliphatic heterocycles. The van der Waals surface area contributed by atoms with E-state index in [4.69, 9.17) is 17.3 Å². The smallest absolute Gasteiger partial charge is 0.0645 e. The fourth-order valence-corrected chi connectivity index (χ4v) is 2.45. The van der Waals surface area contributed by atoms with Crippen molar-refractivity contribution in [2.24, 2.45) is 5.73 Å². The predicted octanol–water partition coefficient (Wildman–Crippen LogP) is 3.92. The maximum atomic E-state index is 6.37. The summed E-state index contributed by atoms with van der Waals surface area (Å²) in [7, 11) is 2.03. The predicted molar refractivity (Wildman–Crippen MR) is 83.5 cm³/mol. The summed E-state index contributed by atoms with van der Waals surface area (Å²) in [5, 5.41) is 0.759. The Morgan fingerprint density at radius 1 is 1.16 bits per heavy atom. The quantitative estimate of drug-likeness (QED) is 0.916. The second-order valence-electron chi connectivity index (χ2n) is 4.72. The van der Waals surface area contributed by atoms with Crippen LogP contribution in [0.5, 0.6) is 0 Å². The molecule has 0 bridgehead atoms.